The predicted octanol–water partition coefficient (Wildman–Crippen LogP) is 4.55. The van der Waals surface area contributed by atoms with Crippen LogP contribution in [0, 0.1) is 5.92 Å². The minimum Gasteiger partial charge on any atom is -0.481 e. The minimum atomic E-state index is -0.768. The van der Waals surface area contributed by atoms with Gasteiger partial charge in [0.15, 0.2) is 0 Å². The molecule has 2 N–H and O–H groups in total. The number of ether oxygens (including phenoxy) is 1. The van der Waals surface area contributed by atoms with Crippen molar-refractivity contribution in [2.45, 2.75) is 69.5 Å². The summed E-state index contributed by atoms with van der Waals surface area (Å²) in [5, 5.41) is 11.9. The van der Waals surface area contributed by atoms with Crippen LogP contribution in [0.15, 0.2) is 48.5 Å². The standard InChI is InChI=1S/C28H32N2O5/c1-17(12-26(31)30-19-10-11-20(30)14-18(13-19)15-27(32)33)29-28(34)35-16-25-23-8-4-2-6-21(23)22-7-3-5-9-24(22)25/h2-9,17-20,25H,10-16H2,1H3,(H,29,34)(H,32,33). The number of hydrogen-bond donors (Lipinski definition) is 2. The number of benzene rings is 2. The lowest BCUT2D eigenvalue weighted by atomic mass is 9.88. The lowest BCUT2D eigenvalue weighted by Gasteiger charge is -2.39. The molecule has 0 spiro atoms. The number of nitrogens with zero attached hydrogens (tertiary/aromatic N) is 1. The Hall–Kier alpha value is -3.35. The molecule has 0 saturated carbocycles. The van der Waals surface area contributed by atoms with Crippen LogP contribution in [0.2, 0.25) is 0 Å². The van der Waals surface area contributed by atoms with E-state index in [9.17, 15) is 14.4 Å². The average molecular weight is 477 g/mol. The maximum absolute atomic E-state index is 13.0. The molecule has 1 aliphatic carbocycles. The van der Waals surface area contributed by atoms with Crippen molar-refractivity contribution in [1.29, 1.82) is 0 Å². The van der Waals surface area contributed by atoms with Crippen molar-refractivity contribution < 1.29 is 24.2 Å². The van der Waals surface area contributed by atoms with Gasteiger partial charge in [0.2, 0.25) is 5.91 Å². The van der Waals surface area contributed by atoms with Gasteiger partial charge in [-0.3, -0.25) is 9.59 Å². The topological polar surface area (TPSA) is 95.9 Å². The summed E-state index contributed by atoms with van der Waals surface area (Å²) in [5.41, 5.74) is 4.67. The number of carboxylic acid groups (broad SMARTS) is 1. The Bertz CT molecular complexity index is 1070. The molecule has 7 nitrogen and oxygen atoms in total. The molecule has 2 amide bonds. The summed E-state index contributed by atoms with van der Waals surface area (Å²) >= 11 is 0. The van der Waals surface area contributed by atoms with Crippen molar-refractivity contribution in [3.8, 4) is 11.1 Å². The molecule has 0 radical (unpaired) electrons. The van der Waals surface area contributed by atoms with Crippen LogP contribution in [0.1, 0.15) is 62.5 Å². The van der Waals surface area contributed by atoms with Crippen molar-refractivity contribution in [2.75, 3.05) is 6.61 Å². The van der Waals surface area contributed by atoms with Crippen LogP contribution < -0.4 is 5.32 Å². The first kappa shape index (κ1) is 23.4. The normalized spacial score (nSPS) is 23.3. The van der Waals surface area contributed by atoms with Crippen LogP contribution >= 0.6 is 0 Å². The van der Waals surface area contributed by atoms with Crippen molar-refractivity contribution in [3.63, 3.8) is 0 Å². The molecule has 35 heavy (non-hydrogen) atoms. The van der Waals surface area contributed by atoms with Gasteiger partial charge >= 0.3 is 12.1 Å². The molecule has 2 saturated heterocycles. The number of fused-ring (bicyclic) bond motifs is 5. The van der Waals surface area contributed by atoms with Gasteiger partial charge in [-0.25, -0.2) is 4.79 Å². The number of carboxylic acids is 1. The highest BCUT2D eigenvalue weighted by molar-refractivity contribution is 5.80. The lowest BCUT2D eigenvalue weighted by molar-refractivity contribution is -0.140. The number of nitrogens with one attached hydrogen (secondary N) is 1. The van der Waals surface area contributed by atoms with Gasteiger partial charge in [-0.05, 0) is 60.8 Å². The van der Waals surface area contributed by atoms with E-state index in [4.69, 9.17) is 9.84 Å². The largest absolute Gasteiger partial charge is 0.481 e. The summed E-state index contributed by atoms with van der Waals surface area (Å²) in [4.78, 5) is 38.6. The maximum Gasteiger partial charge on any atom is 0.407 e. The third kappa shape index (κ3) is 4.77. The van der Waals surface area contributed by atoms with Gasteiger partial charge in [0, 0.05) is 36.9 Å². The van der Waals surface area contributed by atoms with Gasteiger partial charge in [0.1, 0.15) is 6.61 Å². The summed E-state index contributed by atoms with van der Waals surface area (Å²) in [7, 11) is 0. The van der Waals surface area contributed by atoms with Crippen molar-refractivity contribution in [3.05, 3.63) is 59.7 Å². The third-order valence-corrected chi connectivity index (χ3v) is 7.77. The van der Waals surface area contributed by atoms with E-state index in [2.05, 4.69) is 29.6 Å². The summed E-state index contributed by atoms with van der Waals surface area (Å²) in [6, 6.07) is 16.3. The minimum absolute atomic E-state index is 0.00666. The maximum atomic E-state index is 13.0. The van der Waals surface area contributed by atoms with E-state index in [-0.39, 0.29) is 55.3 Å². The molecule has 3 atom stereocenters. The molecule has 3 aliphatic rings. The highest BCUT2D eigenvalue weighted by atomic mass is 16.5. The Morgan fingerprint density at radius 2 is 1.57 bits per heavy atom. The van der Waals surface area contributed by atoms with Crippen LogP contribution in [0.25, 0.3) is 11.1 Å². The van der Waals surface area contributed by atoms with Crippen LogP contribution in [0.3, 0.4) is 0 Å². The number of carbonyl (C=O) groups excluding carboxylic acids is 2. The molecule has 2 fully saturated rings. The smallest absolute Gasteiger partial charge is 0.407 e. The fourth-order valence-corrected chi connectivity index (χ4v) is 6.37. The van der Waals surface area contributed by atoms with E-state index in [1.54, 1.807) is 0 Å². The van der Waals surface area contributed by atoms with E-state index < -0.39 is 12.1 Å². The van der Waals surface area contributed by atoms with Gasteiger partial charge < -0.3 is 20.1 Å². The molecule has 3 unspecified atom stereocenters. The highest BCUT2D eigenvalue weighted by Crippen LogP contribution is 2.44. The fourth-order valence-electron chi connectivity index (χ4n) is 6.37. The number of aliphatic carboxylic acids is 1. The monoisotopic (exact) mass is 476 g/mol. The second kappa shape index (κ2) is 9.72. The lowest BCUT2D eigenvalue weighted by Crippen LogP contribution is -2.48. The first-order valence-corrected chi connectivity index (χ1v) is 12.5. The number of alkyl carbamates (subject to hydrolysis) is 1. The Balaban J connectivity index is 1.13. The number of piperidine rings is 1. The zero-order valence-electron chi connectivity index (χ0n) is 20.0. The van der Waals surface area contributed by atoms with Crippen LogP contribution in [0.4, 0.5) is 4.79 Å². The predicted molar refractivity (Wildman–Crippen MR) is 131 cm³/mol. The first-order valence-electron chi connectivity index (χ1n) is 12.5. The first-order chi connectivity index (χ1) is 16.9. The van der Waals surface area contributed by atoms with Crippen LogP contribution in [-0.2, 0) is 14.3 Å². The number of rotatable bonds is 7. The third-order valence-electron chi connectivity index (χ3n) is 7.77. The molecule has 5 rings (SSSR count). The van der Waals surface area contributed by atoms with E-state index in [0.29, 0.717) is 0 Å². The van der Waals surface area contributed by atoms with E-state index in [1.807, 2.05) is 36.1 Å². The second-order valence-corrected chi connectivity index (χ2v) is 10.2. The molecular formula is C28H32N2O5. The molecule has 2 heterocycles. The highest BCUT2D eigenvalue weighted by Gasteiger charge is 2.43. The summed E-state index contributed by atoms with van der Waals surface area (Å²) in [6.07, 6.45) is 3.23. The fraction of sp³-hybridized carbons (Fsp3) is 0.464. The van der Waals surface area contributed by atoms with E-state index in [0.717, 1.165) is 36.8 Å². The molecule has 7 heteroatoms. The van der Waals surface area contributed by atoms with E-state index in [1.165, 1.54) is 11.1 Å². The van der Waals surface area contributed by atoms with Crippen molar-refractivity contribution in [1.82, 2.24) is 10.2 Å². The van der Waals surface area contributed by atoms with E-state index >= 15 is 0 Å². The molecule has 0 aromatic heterocycles. The molecule has 2 aliphatic heterocycles. The summed E-state index contributed by atoms with van der Waals surface area (Å²) in [5.74, 6) is -0.606. The van der Waals surface area contributed by atoms with Crippen LogP contribution in [0.5, 0.6) is 0 Å². The van der Waals surface area contributed by atoms with Crippen molar-refractivity contribution >= 4 is 18.0 Å². The van der Waals surface area contributed by atoms with Gasteiger partial charge in [-0.2, -0.15) is 0 Å². The van der Waals surface area contributed by atoms with Gasteiger partial charge in [0.05, 0.1) is 0 Å². The zero-order valence-corrected chi connectivity index (χ0v) is 20.0. The number of hydrogen-bond acceptors (Lipinski definition) is 4. The van der Waals surface area contributed by atoms with Gasteiger partial charge in [-0.1, -0.05) is 48.5 Å². The Morgan fingerprint density at radius 3 is 2.14 bits per heavy atom. The second-order valence-electron chi connectivity index (χ2n) is 10.2. The Morgan fingerprint density at radius 1 is 1.00 bits per heavy atom. The molecular weight excluding hydrogens is 444 g/mol. The molecule has 2 bridgehead atoms. The summed E-state index contributed by atoms with van der Waals surface area (Å²) in [6.45, 7) is 2.06. The molecule has 2 aromatic rings. The SMILES string of the molecule is CC(CC(=O)N1C2CCC1CC(CC(=O)O)C2)NC(=O)OCC1c2ccccc2-c2ccccc21. The number of amides is 2. The quantitative estimate of drug-likeness (QED) is 0.611. The molecule has 2 aromatic carbocycles. The zero-order chi connectivity index (χ0) is 24.5. The van der Waals surface area contributed by atoms with Gasteiger partial charge in [-0.15, -0.1) is 0 Å². The summed E-state index contributed by atoms with van der Waals surface area (Å²) < 4.78 is 5.61. The van der Waals surface area contributed by atoms with Gasteiger partial charge in [0.25, 0.3) is 0 Å². The Kier molecular flexibility index (Phi) is 6.50. The Labute approximate surface area is 205 Å². The van der Waals surface area contributed by atoms with Crippen molar-refractivity contribution in [2.24, 2.45) is 5.92 Å². The number of carbonyl (C=O) groups is 3. The average Bonchev–Trinajstić information content (AvgIpc) is 3.29. The molecule has 184 valence electrons. The van der Waals surface area contributed by atoms with Crippen LogP contribution in [-0.4, -0.2) is 52.7 Å².